The van der Waals surface area contributed by atoms with E-state index in [1.54, 1.807) is 10.4 Å². The van der Waals surface area contributed by atoms with Crippen molar-refractivity contribution in [3.63, 3.8) is 0 Å². The van der Waals surface area contributed by atoms with E-state index in [0.717, 1.165) is 24.4 Å². The first kappa shape index (κ1) is 15.3. The number of nitrogens with one attached hydrogen (secondary N) is 1. The molecule has 0 radical (unpaired) electrons. The Bertz CT molecular complexity index is 532. The maximum absolute atomic E-state index is 12.5. The number of aryl methyl sites for hydroxylation is 1. The number of halogens is 1. The third-order valence-corrected chi connectivity index (χ3v) is 7.46. The average Bonchev–Trinajstić information content (AvgIpc) is 3.03. The van der Waals surface area contributed by atoms with E-state index in [1.165, 1.54) is 11.3 Å². The van der Waals surface area contributed by atoms with Crippen LogP contribution in [-0.2, 0) is 16.4 Å². The summed E-state index contributed by atoms with van der Waals surface area (Å²) >= 11 is 1.41. The van der Waals surface area contributed by atoms with Gasteiger partial charge >= 0.3 is 0 Å². The molecule has 2 aliphatic heterocycles. The van der Waals surface area contributed by atoms with Gasteiger partial charge in [0.05, 0.1) is 0 Å². The number of nitrogens with zero attached hydrogens (tertiary/aromatic N) is 1. The fourth-order valence-corrected chi connectivity index (χ4v) is 5.83. The van der Waals surface area contributed by atoms with Gasteiger partial charge in [0, 0.05) is 18.0 Å². The van der Waals surface area contributed by atoms with Gasteiger partial charge in [0.1, 0.15) is 4.21 Å². The molecule has 0 saturated carbocycles. The molecule has 2 saturated heterocycles. The molecule has 2 aliphatic rings. The minimum atomic E-state index is -3.25. The van der Waals surface area contributed by atoms with E-state index in [2.05, 4.69) is 5.32 Å². The summed E-state index contributed by atoms with van der Waals surface area (Å²) in [7, 11) is -3.25. The molecule has 7 heteroatoms. The van der Waals surface area contributed by atoms with Gasteiger partial charge in [-0.1, -0.05) is 6.92 Å². The number of fused-ring (bicyclic) bond motifs is 1. The highest BCUT2D eigenvalue weighted by Gasteiger charge is 2.41. The minimum absolute atomic E-state index is 0. The lowest BCUT2D eigenvalue weighted by Gasteiger charge is -2.16. The van der Waals surface area contributed by atoms with Gasteiger partial charge in [-0.15, -0.1) is 23.7 Å². The Morgan fingerprint density at radius 2 is 1.95 bits per heavy atom. The molecule has 19 heavy (non-hydrogen) atoms. The zero-order chi connectivity index (χ0) is 12.8. The molecule has 1 aromatic heterocycles. The van der Waals surface area contributed by atoms with Crippen LogP contribution in [0.1, 0.15) is 11.8 Å². The Morgan fingerprint density at radius 1 is 1.32 bits per heavy atom. The highest BCUT2D eigenvalue weighted by molar-refractivity contribution is 7.91. The number of hydrogen-bond donors (Lipinski definition) is 1. The quantitative estimate of drug-likeness (QED) is 0.919. The molecule has 3 heterocycles. The zero-order valence-corrected chi connectivity index (χ0v) is 13.3. The highest BCUT2D eigenvalue weighted by atomic mass is 35.5. The van der Waals surface area contributed by atoms with Gasteiger partial charge in [0.2, 0.25) is 0 Å². The van der Waals surface area contributed by atoms with Gasteiger partial charge in [0.25, 0.3) is 10.0 Å². The SMILES string of the molecule is CCc1ccc(S(=O)(=O)N2C[C@H]3CNC[C@H]3C2)s1.Cl. The third-order valence-electron chi connectivity index (χ3n) is 3.94. The smallest absolute Gasteiger partial charge is 0.252 e. The van der Waals surface area contributed by atoms with Crippen LogP contribution in [0.3, 0.4) is 0 Å². The number of sulfonamides is 1. The standard InChI is InChI=1S/C12H18N2O2S2.ClH/c1-2-11-3-4-12(17-11)18(15,16)14-7-9-5-13-6-10(9)8-14;/h3-4,9-10,13H,2,5-8H2,1H3;1H/t9-,10+;. The van der Waals surface area contributed by atoms with E-state index in [9.17, 15) is 8.42 Å². The molecule has 0 aliphatic carbocycles. The number of rotatable bonds is 3. The van der Waals surface area contributed by atoms with Crippen LogP contribution in [-0.4, -0.2) is 38.9 Å². The Balaban J connectivity index is 0.00000133. The Hall–Kier alpha value is -0.140. The van der Waals surface area contributed by atoms with Crippen LogP contribution in [0.2, 0.25) is 0 Å². The maximum Gasteiger partial charge on any atom is 0.252 e. The minimum Gasteiger partial charge on any atom is -0.316 e. The summed E-state index contributed by atoms with van der Waals surface area (Å²) in [5.41, 5.74) is 0. The molecule has 1 aromatic rings. The molecule has 0 spiro atoms. The van der Waals surface area contributed by atoms with Crippen molar-refractivity contribution in [3.05, 3.63) is 17.0 Å². The predicted molar refractivity (Wildman–Crippen MR) is 79.6 cm³/mol. The monoisotopic (exact) mass is 322 g/mol. The first-order valence-electron chi connectivity index (χ1n) is 6.41. The van der Waals surface area contributed by atoms with Crippen molar-refractivity contribution in [2.24, 2.45) is 11.8 Å². The van der Waals surface area contributed by atoms with E-state index < -0.39 is 10.0 Å². The van der Waals surface area contributed by atoms with Gasteiger partial charge in [0.15, 0.2) is 0 Å². The highest BCUT2D eigenvalue weighted by Crippen LogP contribution is 2.33. The van der Waals surface area contributed by atoms with Crippen LogP contribution in [0.25, 0.3) is 0 Å². The van der Waals surface area contributed by atoms with Gasteiger partial charge in [-0.05, 0) is 43.5 Å². The second-order valence-corrected chi connectivity index (χ2v) is 8.41. The molecule has 2 atom stereocenters. The van der Waals surface area contributed by atoms with Crippen molar-refractivity contribution in [1.29, 1.82) is 0 Å². The molecule has 3 rings (SSSR count). The predicted octanol–water partition coefficient (Wildman–Crippen LogP) is 1.57. The van der Waals surface area contributed by atoms with E-state index in [-0.39, 0.29) is 12.4 Å². The molecule has 4 nitrogen and oxygen atoms in total. The lowest BCUT2D eigenvalue weighted by molar-refractivity contribution is 0.449. The van der Waals surface area contributed by atoms with Crippen LogP contribution < -0.4 is 5.32 Å². The van der Waals surface area contributed by atoms with Gasteiger partial charge in [-0.25, -0.2) is 8.42 Å². The third kappa shape index (κ3) is 2.69. The van der Waals surface area contributed by atoms with Crippen molar-refractivity contribution in [2.75, 3.05) is 26.2 Å². The topological polar surface area (TPSA) is 49.4 Å². The summed E-state index contributed by atoms with van der Waals surface area (Å²) in [5.74, 6) is 1.01. The lowest BCUT2D eigenvalue weighted by Crippen LogP contribution is -2.31. The maximum atomic E-state index is 12.5. The Morgan fingerprint density at radius 3 is 2.47 bits per heavy atom. The molecule has 0 amide bonds. The van der Waals surface area contributed by atoms with E-state index in [0.29, 0.717) is 29.1 Å². The molecular weight excluding hydrogens is 304 g/mol. The van der Waals surface area contributed by atoms with E-state index in [1.807, 2.05) is 13.0 Å². The molecule has 108 valence electrons. The molecule has 2 fully saturated rings. The van der Waals surface area contributed by atoms with Crippen LogP contribution in [0, 0.1) is 11.8 Å². The fourth-order valence-electron chi connectivity index (χ4n) is 2.82. The number of thiophene rings is 1. The molecule has 1 N–H and O–H groups in total. The van der Waals surface area contributed by atoms with Gasteiger partial charge in [-0.3, -0.25) is 0 Å². The summed E-state index contributed by atoms with van der Waals surface area (Å²) in [6.45, 7) is 5.33. The van der Waals surface area contributed by atoms with Crippen molar-refractivity contribution in [2.45, 2.75) is 17.6 Å². The second-order valence-electron chi connectivity index (χ2n) is 5.07. The van der Waals surface area contributed by atoms with Crippen LogP contribution in [0.5, 0.6) is 0 Å². The van der Waals surface area contributed by atoms with Crippen LogP contribution in [0.15, 0.2) is 16.3 Å². The summed E-state index contributed by atoms with van der Waals surface area (Å²) in [6, 6.07) is 3.68. The van der Waals surface area contributed by atoms with Crippen LogP contribution >= 0.6 is 23.7 Å². The van der Waals surface area contributed by atoms with E-state index >= 15 is 0 Å². The molecular formula is C12H19ClN2O2S2. The largest absolute Gasteiger partial charge is 0.316 e. The van der Waals surface area contributed by atoms with Crippen LogP contribution in [0.4, 0.5) is 0 Å². The van der Waals surface area contributed by atoms with Crippen molar-refractivity contribution < 1.29 is 8.42 Å². The number of hydrogen-bond acceptors (Lipinski definition) is 4. The molecule has 0 unspecified atom stereocenters. The fraction of sp³-hybridized carbons (Fsp3) is 0.667. The van der Waals surface area contributed by atoms with Crippen molar-refractivity contribution in [1.82, 2.24) is 9.62 Å². The summed E-state index contributed by atoms with van der Waals surface area (Å²) in [5, 5.41) is 3.33. The lowest BCUT2D eigenvalue weighted by atomic mass is 10.0. The second kappa shape index (κ2) is 5.69. The summed E-state index contributed by atoms with van der Waals surface area (Å²) in [6.07, 6.45) is 0.898. The normalized spacial score (nSPS) is 27.2. The first-order valence-corrected chi connectivity index (χ1v) is 8.66. The molecule has 0 bridgehead atoms. The summed E-state index contributed by atoms with van der Waals surface area (Å²) in [4.78, 5) is 1.13. The Kier molecular flexibility index (Phi) is 4.57. The van der Waals surface area contributed by atoms with E-state index in [4.69, 9.17) is 0 Å². The zero-order valence-electron chi connectivity index (χ0n) is 10.8. The van der Waals surface area contributed by atoms with Gasteiger partial charge in [-0.2, -0.15) is 4.31 Å². The van der Waals surface area contributed by atoms with Crippen molar-refractivity contribution in [3.8, 4) is 0 Å². The summed E-state index contributed by atoms with van der Waals surface area (Å²) < 4.78 is 27.2. The first-order chi connectivity index (χ1) is 8.61. The van der Waals surface area contributed by atoms with Crippen molar-refractivity contribution >= 4 is 33.8 Å². The average molecular weight is 323 g/mol. The van der Waals surface area contributed by atoms with Gasteiger partial charge < -0.3 is 5.32 Å². The Labute approximate surface area is 124 Å². The molecule has 0 aromatic carbocycles.